The Balaban J connectivity index is 1.64. The summed E-state index contributed by atoms with van der Waals surface area (Å²) in [7, 11) is 0. The molecule has 0 unspecified atom stereocenters. The van der Waals surface area contributed by atoms with E-state index in [9.17, 15) is 0 Å². The van der Waals surface area contributed by atoms with Gasteiger partial charge in [0.1, 0.15) is 0 Å². The molecule has 0 saturated carbocycles. The van der Waals surface area contributed by atoms with Crippen molar-refractivity contribution in [1.82, 2.24) is 0 Å². The zero-order valence-corrected chi connectivity index (χ0v) is 49.2. The first-order valence-electron chi connectivity index (χ1n) is 26.6. The van der Waals surface area contributed by atoms with Gasteiger partial charge in [0.25, 0.3) is 0 Å². The van der Waals surface area contributed by atoms with E-state index in [0.717, 1.165) is 0 Å². The summed E-state index contributed by atoms with van der Waals surface area (Å²) in [6, 6.07) is 147. The molecule has 0 amide bonds. The molecular weight excluding hydrogens is 1180 g/mol. The van der Waals surface area contributed by atoms with Gasteiger partial charge in [-0.3, -0.25) is 0 Å². The van der Waals surface area contributed by atoms with Crippen LogP contribution in [0, 0.1) is 0 Å². The molecule has 0 bridgehead atoms. The Morgan fingerprint density at radius 2 is 0.195 bits per heavy atom. The molecule has 5 heteroatoms. The van der Waals surface area contributed by atoms with Crippen LogP contribution in [-0.2, 0) is 14.0 Å². The van der Waals surface area contributed by atoms with Crippen molar-refractivity contribution in [3.63, 3.8) is 0 Å². The van der Waals surface area contributed by atoms with Gasteiger partial charge in [-0.05, 0) is 0 Å². The number of benzene rings is 12. The molecule has 0 aromatic heterocycles. The molecule has 0 nitrogen and oxygen atoms in total. The average molecular weight is 1250 g/mol. The monoisotopic (exact) mass is 1250 g/mol. The first-order chi connectivity index (χ1) is 38.3. The third kappa shape index (κ3) is 7.99. The van der Waals surface area contributed by atoms with Crippen molar-refractivity contribution in [2.75, 3.05) is 0 Å². The molecule has 12 aromatic rings. The van der Waals surface area contributed by atoms with Gasteiger partial charge in [-0.15, -0.1) is 0 Å². The number of hydrogen-bond acceptors (Lipinski definition) is 0. The Morgan fingerprint density at radius 3 is 0.273 bits per heavy atom. The van der Waals surface area contributed by atoms with Crippen LogP contribution in [0.15, 0.2) is 364 Å². The fourth-order valence-electron chi connectivity index (χ4n) is 12.6. The van der Waals surface area contributed by atoms with Gasteiger partial charge in [-0.2, -0.15) is 0 Å². The molecule has 0 atom stereocenters. The molecular formula is C72H64P4Pt. The second kappa shape index (κ2) is 22.6. The summed E-state index contributed by atoms with van der Waals surface area (Å²) in [5.74, 6) is 0. The van der Waals surface area contributed by atoms with E-state index in [1.165, 1.54) is 63.7 Å². The standard InChI is InChI=1S/4C18H15P.Pt/c4*1-4-10-16(11-5-1)19(17-12-6-2-7-13-17)18-14-8-3-9-15-18;/h4*1-15H;/q;;;;-4/p+4. The van der Waals surface area contributed by atoms with Crippen LogP contribution in [0.4, 0.5) is 0 Å². The summed E-state index contributed by atoms with van der Waals surface area (Å²) in [4.78, 5) is 0. The maximum absolute atomic E-state index is 5.27. The van der Waals surface area contributed by atoms with Crippen molar-refractivity contribution in [3.05, 3.63) is 364 Å². The van der Waals surface area contributed by atoms with E-state index in [1.54, 1.807) is 0 Å². The SMILES string of the molecule is c1ccc([PH](c2ccccc2)(c2ccccc2)[Pt]([PH](c2ccccc2)(c2ccccc2)c2ccccc2)([PH](c2ccccc2)(c2ccccc2)c2ccccc2)[PH](c2ccccc2)(c2ccccc2)c2ccccc2)cc1. The van der Waals surface area contributed by atoms with Crippen molar-refractivity contribution < 1.29 is 14.0 Å². The molecule has 0 N–H and O–H groups in total. The quantitative estimate of drug-likeness (QED) is 0.0846. The van der Waals surface area contributed by atoms with Gasteiger partial charge in [-0.25, -0.2) is 0 Å². The van der Waals surface area contributed by atoms with Crippen molar-refractivity contribution in [3.8, 4) is 0 Å². The van der Waals surface area contributed by atoms with Crippen molar-refractivity contribution in [1.29, 1.82) is 0 Å². The fraction of sp³-hybridized carbons (Fsp3) is 0. The second-order valence-electron chi connectivity index (χ2n) is 19.3. The molecule has 0 aliphatic carbocycles. The predicted molar refractivity (Wildman–Crippen MR) is 346 cm³/mol. The Kier molecular flexibility index (Phi) is 14.9. The van der Waals surface area contributed by atoms with E-state index < -0.39 is 35.4 Å². The molecule has 0 heterocycles. The first-order valence-corrected chi connectivity index (χ1v) is 47.5. The van der Waals surface area contributed by atoms with Gasteiger partial charge in [0.05, 0.1) is 0 Å². The summed E-state index contributed by atoms with van der Waals surface area (Å²) < 4.78 is 0. The van der Waals surface area contributed by atoms with Gasteiger partial charge in [-0.1, -0.05) is 0 Å². The minimum absolute atomic E-state index is 1.47. The van der Waals surface area contributed by atoms with Gasteiger partial charge in [0.15, 0.2) is 0 Å². The van der Waals surface area contributed by atoms with Crippen LogP contribution in [0.5, 0.6) is 0 Å². The van der Waals surface area contributed by atoms with Crippen LogP contribution in [0.3, 0.4) is 0 Å². The Labute approximate surface area is 459 Å². The van der Waals surface area contributed by atoms with Gasteiger partial charge >= 0.3 is 463 Å². The number of rotatable bonds is 16. The minimum atomic E-state index is -5.27. The Hall–Kier alpha value is -6.95. The zero-order valence-electron chi connectivity index (χ0n) is 43.0. The summed E-state index contributed by atoms with van der Waals surface area (Å²) >= 11 is -5.27. The molecule has 0 aliphatic heterocycles. The predicted octanol–water partition coefficient (Wildman–Crippen LogP) is 12.7. The second-order valence-corrected chi connectivity index (χ2v) is 86.1. The van der Waals surface area contributed by atoms with Crippen molar-refractivity contribution in [2.24, 2.45) is 0 Å². The van der Waals surface area contributed by atoms with Crippen LogP contribution in [-0.4, -0.2) is 0 Å². The normalized spacial score (nSPS) is 14.0. The summed E-state index contributed by atoms with van der Waals surface area (Å²) in [6.45, 7) is 0. The van der Waals surface area contributed by atoms with E-state index >= 15 is 0 Å². The molecule has 0 saturated heterocycles. The van der Waals surface area contributed by atoms with E-state index in [0.29, 0.717) is 0 Å². The molecule has 382 valence electrons. The summed E-state index contributed by atoms with van der Waals surface area (Å²) in [6.07, 6.45) is 0. The molecule has 0 spiro atoms. The molecule has 0 fully saturated rings. The topological polar surface area (TPSA) is 0 Å². The van der Waals surface area contributed by atoms with E-state index in [1.807, 2.05) is 0 Å². The van der Waals surface area contributed by atoms with Gasteiger partial charge in [0.2, 0.25) is 0 Å². The van der Waals surface area contributed by atoms with Crippen LogP contribution in [0.1, 0.15) is 0 Å². The molecule has 0 radical (unpaired) electrons. The zero-order chi connectivity index (χ0) is 51.9. The van der Waals surface area contributed by atoms with Crippen LogP contribution in [0.25, 0.3) is 0 Å². The van der Waals surface area contributed by atoms with E-state index in [4.69, 9.17) is 0 Å². The fourth-order valence-corrected chi connectivity index (χ4v) is 235. The summed E-state index contributed by atoms with van der Waals surface area (Å²) in [5.41, 5.74) is 0. The van der Waals surface area contributed by atoms with Crippen LogP contribution in [0.2, 0.25) is 0 Å². The Bertz CT molecular complexity index is 2860. The molecule has 77 heavy (non-hydrogen) atoms. The third-order valence-corrected chi connectivity index (χ3v) is 155. The Morgan fingerprint density at radius 1 is 0.117 bits per heavy atom. The summed E-state index contributed by atoms with van der Waals surface area (Å²) in [5, 5.41) is 2.03. The maximum atomic E-state index is 2.60. The van der Waals surface area contributed by atoms with Crippen molar-refractivity contribution >= 4 is 85.1 Å². The molecule has 0 aliphatic rings. The average Bonchev–Trinajstić information content (AvgIpc) is 3.71. The van der Waals surface area contributed by atoms with Crippen LogP contribution < -0.4 is 63.7 Å². The number of hydrogen-bond donors (Lipinski definition) is 0. The molecule has 12 aromatic carbocycles. The molecule has 12 rings (SSSR count). The van der Waals surface area contributed by atoms with Gasteiger partial charge in [0, 0.05) is 0 Å². The first kappa shape index (κ1) is 50.8. The van der Waals surface area contributed by atoms with E-state index in [-0.39, 0.29) is 0 Å². The van der Waals surface area contributed by atoms with Crippen molar-refractivity contribution in [2.45, 2.75) is 0 Å². The third-order valence-electron chi connectivity index (χ3n) is 15.3. The van der Waals surface area contributed by atoms with Gasteiger partial charge < -0.3 is 0 Å². The van der Waals surface area contributed by atoms with Crippen LogP contribution >= 0.6 is 21.4 Å². The van der Waals surface area contributed by atoms with E-state index in [2.05, 4.69) is 364 Å².